The van der Waals surface area contributed by atoms with E-state index in [4.69, 9.17) is 5.73 Å². The van der Waals surface area contributed by atoms with Crippen LogP contribution in [0.4, 0.5) is 5.69 Å². The van der Waals surface area contributed by atoms with Crippen LogP contribution in [0.3, 0.4) is 0 Å². The molecule has 0 bridgehead atoms. The van der Waals surface area contributed by atoms with E-state index in [0.717, 1.165) is 6.42 Å². The van der Waals surface area contributed by atoms with E-state index in [2.05, 4.69) is 4.72 Å². The van der Waals surface area contributed by atoms with Crippen LogP contribution >= 0.6 is 0 Å². The molecular formula is C10H16N2O2S. The monoisotopic (exact) mass is 228 g/mol. The van der Waals surface area contributed by atoms with Crippen molar-refractivity contribution in [1.29, 1.82) is 0 Å². The molecule has 5 heteroatoms. The Morgan fingerprint density at radius 3 is 2.67 bits per heavy atom. The van der Waals surface area contributed by atoms with Crippen LogP contribution in [0, 0.1) is 6.92 Å². The van der Waals surface area contributed by atoms with Crippen LogP contribution in [0.1, 0.15) is 18.9 Å². The predicted molar refractivity (Wildman–Crippen MR) is 61.1 cm³/mol. The van der Waals surface area contributed by atoms with E-state index in [0.29, 0.717) is 17.8 Å². The van der Waals surface area contributed by atoms with Crippen molar-refractivity contribution < 1.29 is 8.42 Å². The minimum absolute atomic E-state index is 0.260. The van der Waals surface area contributed by atoms with Gasteiger partial charge in [-0.2, -0.15) is 0 Å². The zero-order valence-corrected chi connectivity index (χ0v) is 9.76. The van der Waals surface area contributed by atoms with Crippen molar-refractivity contribution in [2.45, 2.75) is 25.2 Å². The van der Waals surface area contributed by atoms with E-state index < -0.39 is 10.0 Å². The number of aryl methyl sites for hydroxylation is 1. The molecule has 0 heterocycles. The standard InChI is InChI=1S/C10H16N2O2S/c1-3-6-12-15(13,14)10-7-9(11)5-4-8(10)2/h4-5,7,12H,3,6,11H2,1-2H3. The van der Waals surface area contributed by atoms with E-state index in [1.54, 1.807) is 19.1 Å². The molecule has 15 heavy (non-hydrogen) atoms. The number of nitrogens with two attached hydrogens (primary N) is 1. The summed E-state index contributed by atoms with van der Waals surface area (Å²) in [6.07, 6.45) is 0.764. The first-order valence-corrected chi connectivity index (χ1v) is 6.31. The van der Waals surface area contributed by atoms with Gasteiger partial charge in [-0.05, 0) is 31.0 Å². The number of benzene rings is 1. The van der Waals surface area contributed by atoms with Crippen LogP contribution in [-0.4, -0.2) is 15.0 Å². The minimum Gasteiger partial charge on any atom is -0.399 e. The van der Waals surface area contributed by atoms with Gasteiger partial charge < -0.3 is 5.73 Å². The summed E-state index contributed by atoms with van der Waals surface area (Å²) < 4.78 is 26.1. The number of hydrogen-bond acceptors (Lipinski definition) is 3. The zero-order valence-electron chi connectivity index (χ0n) is 8.95. The minimum atomic E-state index is -3.41. The summed E-state index contributed by atoms with van der Waals surface area (Å²) in [5.74, 6) is 0. The van der Waals surface area contributed by atoms with Crippen molar-refractivity contribution in [2.24, 2.45) is 0 Å². The second kappa shape index (κ2) is 4.63. The van der Waals surface area contributed by atoms with Gasteiger partial charge >= 0.3 is 0 Å². The Morgan fingerprint density at radius 2 is 2.07 bits per heavy atom. The Balaban J connectivity index is 3.09. The van der Waals surface area contributed by atoms with Crippen molar-refractivity contribution >= 4 is 15.7 Å². The smallest absolute Gasteiger partial charge is 0.240 e. The summed E-state index contributed by atoms with van der Waals surface area (Å²) in [5, 5.41) is 0. The van der Waals surface area contributed by atoms with E-state index in [1.165, 1.54) is 6.07 Å². The molecule has 84 valence electrons. The third-order valence-corrected chi connectivity index (χ3v) is 3.65. The number of anilines is 1. The van der Waals surface area contributed by atoms with Gasteiger partial charge in [0.05, 0.1) is 4.90 Å². The molecule has 0 radical (unpaired) electrons. The lowest BCUT2D eigenvalue weighted by Crippen LogP contribution is -2.25. The second-order valence-corrected chi connectivity index (χ2v) is 5.16. The quantitative estimate of drug-likeness (QED) is 0.762. The summed E-state index contributed by atoms with van der Waals surface area (Å²) in [6.45, 7) is 4.10. The molecule has 0 fully saturated rings. The summed E-state index contributed by atoms with van der Waals surface area (Å²) in [6, 6.07) is 4.87. The number of hydrogen-bond donors (Lipinski definition) is 2. The number of nitrogens with one attached hydrogen (secondary N) is 1. The molecule has 1 aromatic rings. The van der Waals surface area contributed by atoms with Crippen molar-refractivity contribution in [3.05, 3.63) is 23.8 Å². The molecule has 1 rings (SSSR count). The molecule has 0 aliphatic rings. The fourth-order valence-corrected chi connectivity index (χ4v) is 2.63. The fraction of sp³-hybridized carbons (Fsp3) is 0.400. The lowest BCUT2D eigenvalue weighted by molar-refractivity contribution is 0.580. The summed E-state index contributed by atoms with van der Waals surface area (Å²) >= 11 is 0. The normalized spacial score (nSPS) is 11.6. The molecule has 4 nitrogen and oxygen atoms in total. The van der Waals surface area contributed by atoms with E-state index >= 15 is 0 Å². The van der Waals surface area contributed by atoms with Gasteiger partial charge in [-0.1, -0.05) is 13.0 Å². The first-order chi connectivity index (χ1) is 6.97. The molecule has 0 amide bonds. The topological polar surface area (TPSA) is 72.2 Å². The third kappa shape index (κ3) is 2.94. The molecule has 0 aliphatic heterocycles. The molecule has 0 unspecified atom stereocenters. The first kappa shape index (κ1) is 12.0. The fourth-order valence-electron chi connectivity index (χ4n) is 1.22. The maximum absolute atomic E-state index is 11.8. The number of nitrogen functional groups attached to an aromatic ring is 1. The summed E-state index contributed by atoms with van der Waals surface area (Å²) in [5.41, 5.74) is 6.72. The Hall–Kier alpha value is -1.07. The highest BCUT2D eigenvalue weighted by atomic mass is 32.2. The Kier molecular flexibility index (Phi) is 3.71. The maximum atomic E-state index is 11.8. The lowest BCUT2D eigenvalue weighted by atomic mass is 10.2. The van der Waals surface area contributed by atoms with E-state index in [9.17, 15) is 8.42 Å². The molecule has 0 aliphatic carbocycles. The average molecular weight is 228 g/mol. The van der Waals surface area contributed by atoms with Crippen molar-refractivity contribution in [3.8, 4) is 0 Å². The van der Waals surface area contributed by atoms with Crippen molar-refractivity contribution in [2.75, 3.05) is 12.3 Å². The molecule has 3 N–H and O–H groups in total. The number of sulfonamides is 1. The Labute approximate surface area is 90.5 Å². The van der Waals surface area contributed by atoms with E-state index in [-0.39, 0.29) is 4.90 Å². The van der Waals surface area contributed by atoms with Crippen LogP contribution in [0.25, 0.3) is 0 Å². The van der Waals surface area contributed by atoms with E-state index in [1.807, 2.05) is 6.92 Å². The molecule has 0 aromatic heterocycles. The van der Waals surface area contributed by atoms with Crippen molar-refractivity contribution in [1.82, 2.24) is 4.72 Å². The van der Waals surface area contributed by atoms with Gasteiger partial charge in [0.15, 0.2) is 0 Å². The van der Waals surface area contributed by atoms with Crippen LogP contribution < -0.4 is 10.5 Å². The van der Waals surface area contributed by atoms with Gasteiger partial charge in [-0.3, -0.25) is 0 Å². The van der Waals surface area contributed by atoms with Crippen LogP contribution in [0.2, 0.25) is 0 Å². The first-order valence-electron chi connectivity index (χ1n) is 4.83. The largest absolute Gasteiger partial charge is 0.399 e. The van der Waals surface area contributed by atoms with Gasteiger partial charge in [0.2, 0.25) is 10.0 Å². The van der Waals surface area contributed by atoms with Gasteiger partial charge in [0.25, 0.3) is 0 Å². The number of rotatable bonds is 4. The molecule has 0 atom stereocenters. The van der Waals surface area contributed by atoms with Crippen LogP contribution in [-0.2, 0) is 10.0 Å². The maximum Gasteiger partial charge on any atom is 0.240 e. The molecule has 0 saturated carbocycles. The molecule has 1 aromatic carbocycles. The third-order valence-electron chi connectivity index (χ3n) is 2.04. The van der Waals surface area contributed by atoms with Gasteiger partial charge in [0.1, 0.15) is 0 Å². The van der Waals surface area contributed by atoms with Crippen molar-refractivity contribution in [3.63, 3.8) is 0 Å². The summed E-state index contributed by atoms with van der Waals surface area (Å²) in [4.78, 5) is 0.260. The van der Waals surface area contributed by atoms with Gasteiger partial charge in [0, 0.05) is 12.2 Å². The predicted octanol–water partition coefficient (Wildman–Crippen LogP) is 1.27. The highest BCUT2D eigenvalue weighted by Crippen LogP contribution is 2.17. The van der Waals surface area contributed by atoms with Gasteiger partial charge in [-0.25, -0.2) is 13.1 Å². The Bertz CT molecular complexity index is 441. The Morgan fingerprint density at radius 1 is 1.40 bits per heavy atom. The van der Waals surface area contributed by atoms with Crippen LogP contribution in [0.5, 0.6) is 0 Å². The second-order valence-electron chi connectivity index (χ2n) is 3.42. The average Bonchev–Trinajstić information content (AvgIpc) is 2.18. The van der Waals surface area contributed by atoms with Crippen LogP contribution in [0.15, 0.2) is 23.1 Å². The molecule has 0 spiro atoms. The highest BCUT2D eigenvalue weighted by Gasteiger charge is 2.15. The SMILES string of the molecule is CCCNS(=O)(=O)c1cc(N)ccc1C. The molecular weight excluding hydrogens is 212 g/mol. The lowest BCUT2D eigenvalue weighted by Gasteiger charge is -2.08. The molecule has 0 saturated heterocycles. The zero-order chi connectivity index (χ0) is 11.5. The van der Waals surface area contributed by atoms with Gasteiger partial charge in [-0.15, -0.1) is 0 Å². The summed E-state index contributed by atoms with van der Waals surface area (Å²) in [7, 11) is -3.41. The highest BCUT2D eigenvalue weighted by molar-refractivity contribution is 7.89.